The van der Waals surface area contributed by atoms with Crippen molar-refractivity contribution in [1.82, 2.24) is 0 Å². The summed E-state index contributed by atoms with van der Waals surface area (Å²) in [6.45, 7) is 4.44. The molecule has 7 heteroatoms. The molecule has 0 aromatic carbocycles. The third-order valence-corrected chi connectivity index (χ3v) is 3.99. The zero-order valence-electron chi connectivity index (χ0n) is 18.4. The van der Waals surface area contributed by atoms with Crippen LogP contribution in [-0.4, -0.2) is 71.0 Å². The van der Waals surface area contributed by atoms with Crippen molar-refractivity contribution in [3.63, 3.8) is 0 Å². The van der Waals surface area contributed by atoms with E-state index in [1.807, 2.05) is 0 Å². The first-order chi connectivity index (χ1) is 13.2. The number of carbonyl (C=O) groups is 3. The van der Waals surface area contributed by atoms with E-state index in [1.165, 1.54) is 83.5 Å². The van der Waals surface area contributed by atoms with Gasteiger partial charge < -0.3 is 15.3 Å². The van der Waals surface area contributed by atoms with Crippen molar-refractivity contribution in [2.75, 3.05) is 0 Å². The summed E-state index contributed by atoms with van der Waals surface area (Å²) in [7, 11) is 0. The summed E-state index contributed by atoms with van der Waals surface area (Å²) >= 11 is 0. The maximum absolute atomic E-state index is 10.3. The average Bonchev–Trinajstić information content (AvgIpc) is 2.57. The van der Waals surface area contributed by atoms with E-state index in [4.69, 9.17) is 24.9 Å². The van der Waals surface area contributed by atoms with Crippen LogP contribution in [0.25, 0.3) is 0 Å². The monoisotopic (exact) mass is 446 g/mol. The quantitative estimate of drug-likeness (QED) is 0.210. The van der Waals surface area contributed by atoms with Gasteiger partial charge in [-0.3, -0.25) is 14.4 Å². The topological polar surface area (TPSA) is 112 Å². The Balaban J connectivity index is -0.000000294. The standard InChI is InChI=1S/C18H36O2.2C2H4O2.Ca.2H/c1-2-3-4-5-6-7-8-9-10-11-12-13-14-15-16-17-18(19)20;2*1-2(3)4;;;/h2-17H2,1H3,(H,19,20);2*1H3,(H,3,4);;;. The summed E-state index contributed by atoms with van der Waals surface area (Å²) in [4.78, 5) is 28.3. The van der Waals surface area contributed by atoms with Crippen molar-refractivity contribution >= 4 is 55.6 Å². The van der Waals surface area contributed by atoms with E-state index in [0.717, 1.165) is 26.7 Å². The average molecular weight is 447 g/mol. The van der Waals surface area contributed by atoms with E-state index in [2.05, 4.69) is 6.92 Å². The fourth-order valence-electron chi connectivity index (χ4n) is 2.65. The number of carboxylic acids is 3. The van der Waals surface area contributed by atoms with Crippen LogP contribution < -0.4 is 0 Å². The second kappa shape index (κ2) is 32.3. The molecule has 3 N–H and O–H groups in total. The van der Waals surface area contributed by atoms with Crippen LogP contribution in [0.1, 0.15) is 124 Å². The van der Waals surface area contributed by atoms with Crippen molar-refractivity contribution in [2.45, 2.75) is 124 Å². The summed E-state index contributed by atoms with van der Waals surface area (Å²) in [6.07, 6.45) is 20.2. The molecular formula is C22H46CaO6. The maximum atomic E-state index is 10.3. The van der Waals surface area contributed by atoms with Gasteiger partial charge in [0.05, 0.1) is 0 Å². The Bertz CT molecular complexity index is 341. The molecule has 0 bridgehead atoms. The molecule has 0 aliphatic carbocycles. The van der Waals surface area contributed by atoms with Gasteiger partial charge in [-0.05, 0) is 6.42 Å². The molecule has 0 saturated heterocycles. The van der Waals surface area contributed by atoms with Gasteiger partial charge in [0.2, 0.25) is 0 Å². The molecule has 0 saturated carbocycles. The first-order valence-electron chi connectivity index (χ1n) is 10.8. The number of hydrogen-bond donors (Lipinski definition) is 3. The van der Waals surface area contributed by atoms with Gasteiger partial charge >= 0.3 is 43.7 Å². The molecule has 29 heavy (non-hydrogen) atoms. The summed E-state index contributed by atoms with van der Waals surface area (Å²) in [5.74, 6) is -2.32. The van der Waals surface area contributed by atoms with Crippen molar-refractivity contribution in [3.05, 3.63) is 0 Å². The Morgan fingerprint density at radius 2 is 0.724 bits per heavy atom. The Hall–Kier alpha value is -0.330. The molecule has 6 nitrogen and oxygen atoms in total. The second-order valence-corrected chi connectivity index (χ2v) is 7.13. The zero-order valence-corrected chi connectivity index (χ0v) is 18.4. The van der Waals surface area contributed by atoms with Crippen LogP contribution in [0.3, 0.4) is 0 Å². The van der Waals surface area contributed by atoms with Gasteiger partial charge in [-0.1, -0.05) is 96.8 Å². The molecular weight excluding hydrogens is 400 g/mol. The van der Waals surface area contributed by atoms with Crippen LogP contribution in [0, 0.1) is 0 Å². The van der Waals surface area contributed by atoms with Crippen LogP contribution in [0.15, 0.2) is 0 Å². The van der Waals surface area contributed by atoms with Crippen LogP contribution in [0.4, 0.5) is 0 Å². The zero-order chi connectivity index (χ0) is 22.0. The van der Waals surface area contributed by atoms with Crippen molar-refractivity contribution < 1.29 is 29.7 Å². The predicted octanol–water partition coefficient (Wildman–Crippen LogP) is 5.60. The third-order valence-electron chi connectivity index (χ3n) is 3.99. The Morgan fingerprint density at radius 3 is 0.931 bits per heavy atom. The summed E-state index contributed by atoms with van der Waals surface area (Å²) < 4.78 is 0. The fourth-order valence-corrected chi connectivity index (χ4v) is 2.65. The summed E-state index contributed by atoms with van der Waals surface area (Å²) in [5, 5.41) is 23.4. The van der Waals surface area contributed by atoms with E-state index in [9.17, 15) is 4.79 Å². The van der Waals surface area contributed by atoms with Gasteiger partial charge in [-0.25, -0.2) is 0 Å². The fraction of sp³-hybridized carbons (Fsp3) is 0.864. The molecule has 172 valence electrons. The number of hydrogen-bond acceptors (Lipinski definition) is 3. The summed E-state index contributed by atoms with van der Waals surface area (Å²) in [5.41, 5.74) is 0. The van der Waals surface area contributed by atoms with E-state index in [0.29, 0.717) is 6.42 Å². The molecule has 0 atom stereocenters. The van der Waals surface area contributed by atoms with Gasteiger partial charge in [0, 0.05) is 20.3 Å². The van der Waals surface area contributed by atoms with Gasteiger partial charge in [-0.15, -0.1) is 0 Å². The number of unbranched alkanes of at least 4 members (excludes halogenated alkanes) is 14. The van der Waals surface area contributed by atoms with E-state index < -0.39 is 17.9 Å². The minimum atomic E-state index is -0.833. The van der Waals surface area contributed by atoms with Crippen molar-refractivity contribution in [2.24, 2.45) is 0 Å². The Morgan fingerprint density at radius 1 is 0.517 bits per heavy atom. The number of carboxylic acid groups (broad SMARTS) is 3. The van der Waals surface area contributed by atoms with Crippen molar-refractivity contribution in [1.29, 1.82) is 0 Å². The first-order valence-corrected chi connectivity index (χ1v) is 10.8. The van der Waals surface area contributed by atoms with Crippen LogP contribution >= 0.6 is 0 Å². The van der Waals surface area contributed by atoms with E-state index >= 15 is 0 Å². The molecule has 0 heterocycles. The van der Waals surface area contributed by atoms with Gasteiger partial charge in [0.25, 0.3) is 11.9 Å². The third kappa shape index (κ3) is 65.6. The molecule has 0 aliphatic heterocycles. The van der Waals surface area contributed by atoms with Gasteiger partial charge in [-0.2, -0.15) is 0 Å². The molecule has 0 rings (SSSR count). The second-order valence-electron chi connectivity index (χ2n) is 7.13. The van der Waals surface area contributed by atoms with E-state index in [-0.39, 0.29) is 37.7 Å². The minimum absolute atomic E-state index is 0. The molecule has 0 amide bonds. The van der Waals surface area contributed by atoms with Gasteiger partial charge in [0.1, 0.15) is 0 Å². The summed E-state index contributed by atoms with van der Waals surface area (Å²) in [6, 6.07) is 0. The van der Waals surface area contributed by atoms with Gasteiger partial charge in [0.15, 0.2) is 0 Å². The van der Waals surface area contributed by atoms with Crippen molar-refractivity contribution in [3.8, 4) is 0 Å². The Kier molecular flexibility index (Phi) is 40.2. The number of rotatable bonds is 16. The number of aliphatic carboxylic acids is 3. The molecule has 0 unspecified atom stereocenters. The molecule has 0 aromatic rings. The van der Waals surface area contributed by atoms with Crippen LogP contribution in [-0.2, 0) is 14.4 Å². The van der Waals surface area contributed by atoms with Crippen LogP contribution in [0.2, 0.25) is 0 Å². The molecule has 0 aromatic heterocycles. The molecule has 0 aliphatic rings. The first kappa shape index (κ1) is 36.1. The van der Waals surface area contributed by atoms with E-state index in [1.54, 1.807) is 0 Å². The molecule has 0 spiro atoms. The SMILES string of the molecule is CC(=O)O.CC(=O)O.CCCCCCCCCCCCCCCCCC(=O)O.[CaH2]. The normalized spacial score (nSPS) is 9.21. The Labute approximate surface area is 207 Å². The molecule has 0 radical (unpaired) electrons. The van der Waals surface area contributed by atoms with Crippen LogP contribution in [0.5, 0.6) is 0 Å². The molecule has 0 fully saturated rings. The predicted molar refractivity (Wildman–Crippen MR) is 122 cm³/mol.